The SMILES string of the molecule is CCCCOP(OCCCC)OCCN(CC)CCCOc1ccc2c(c1)NCN=C2Nc1cc(CC(=O)Nc2cccc(F)c2)[nH]n1. The maximum atomic E-state index is 13.4. The van der Waals surface area contributed by atoms with Crippen LogP contribution in [0.5, 0.6) is 5.75 Å². The van der Waals surface area contributed by atoms with Crippen LogP contribution in [0.1, 0.15) is 64.1 Å². The number of aromatic nitrogens is 2. The van der Waals surface area contributed by atoms with Crippen molar-refractivity contribution in [3.8, 4) is 5.75 Å². The first-order valence-electron chi connectivity index (χ1n) is 16.8. The molecule has 4 N–H and O–H groups in total. The molecule has 0 radical (unpaired) electrons. The van der Waals surface area contributed by atoms with Crippen LogP contribution in [0.25, 0.3) is 0 Å². The molecule has 1 aliphatic heterocycles. The Labute approximate surface area is 284 Å². The molecule has 0 saturated carbocycles. The van der Waals surface area contributed by atoms with Crippen LogP contribution in [0.2, 0.25) is 0 Å². The number of nitrogens with zero attached hydrogens (tertiary/aromatic N) is 3. The van der Waals surface area contributed by atoms with Gasteiger partial charge in [-0.05, 0) is 56.1 Å². The first kappa shape index (κ1) is 37.2. The van der Waals surface area contributed by atoms with Gasteiger partial charge in [0.05, 0.1) is 38.5 Å². The molecule has 2 heterocycles. The zero-order valence-electron chi connectivity index (χ0n) is 28.2. The molecule has 4 rings (SSSR count). The summed E-state index contributed by atoms with van der Waals surface area (Å²) < 4.78 is 37.2. The van der Waals surface area contributed by atoms with Crippen LogP contribution >= 0.6 is 8.60 Å². The number of amides is 1. The second-order valence-electron chi connectivity index (χ2n) is 11.3. The Morgan fingerprint density at radius 1 is 0.958 bits per heavy atom. The average molecular weight is 686 g/mol. The van der Waals surface area contributed by atoms with Gasteiger partial charge < -0.3 is 39.2 Å². The third kappa shape index (κ3) is 12.8. The number of carbonyl (C=O) groups is 1. The third-order valence-corrected chi connectivity index (χ3v) is 8.60. The van der Waals surface area contributed by atoms with E-state index in [-0.39, 0.29) is 12.3 Å². The van der Waals surface area contributed by atoms with Gasteiger partial charge in [-0.3, -0.25) is 9.89 Å². The number of hydrogen-bond acceptors (Lipinski definition) is 10. The zero-order chi connectivity index (χ0) is 34.0. The number of rotatable bonds is 22. The molecular formula is C34H49FN7O5P. The summed E-state index contributed by atoms with van der Waals surface area (Å²) in [5, 5.41) is 16.4. The van der Waals surface area contributed by atoms with Crippen LogP contribution in [-0.4, -0.2) is 79.6 Å². The van der Waals surface area contributed by atoms with Crippen LogP contribution in [-0.2, 0) is 24.8 Å². The van der Waals surface area contributed by atoms with Crippen molar-refractivity contribution >= 4 is 37.5 Å². The van der Waals surface area contributed by atoms with Crippen molar-refractivity contribution in [3.05, 3.63) is 65.6 Å². The number of aromatic amines is 1. The number of anilines is 3. The molecule has 2 aromatic carbocycles. The highest BCUT2D eigenvalue weighted by Gasteiger charge is 2.17. The van der Waals surface area contributed by atoms with Gasteiger partial charge >= 0.3 is 8.60 Å². The van der Waals surface area contributed by atoms with E-state index in [4.69, 9.17) is 18.3 Å². The molecule has 14 heteroatoms. The number of amidine groups is 1. The van der Waals surface area contributed by atoms with Crippen molar-refractivity contribution in [1.29, 1.82) is 0 Å². The summed E-state index contributed by atoms with van der Waals surface area (Å²) in [5.41, 5.74) is 2.80. The largest absolute Gasteiger partial charge is 0.493 e. The summed E-state index contributed by atoms with van der Waals surface area (Å²) in [6.07, 6.45) is 5.10. The predicted octanol–water partition coefficient (Wildman–Crippen LogP) is 6.94. The molecule has 0 atom stereocenters. The number of fused-ring (bicyclic) bond motifs is 1. The number of ether oxygens (including phenoxy) is 1. The topological polar surface area (TPSA) is 134 Å². The lowest BCUT2D eigenvalue weighted by Gasteiger charge is -2.22. The highest BCUT2D eigenvalue weighted by atomic mass is 31.2. The lowest BCUT2D eigenvalue weighted by molar-refractivity contribution is -0.115. The minimum Gasteiger partial charge on any atom is -0.493 e. The van der Waals surface area contributed by atoms with E-state index >= 15 is 0 Å². The third-order valence-electron chi connectivity index (χ3n) is 7.42. The maximum absolute atomic E-state index is 13.4. The maximum Gasteiger partial charge on any atom is 0.332 e. The molecule has 3 aromatic rings. The van der Waals surface area contributed by atoms with Crippen molar-refractivity contribution in [1.82, 2.24) is 15.1 Å². The van der Waals surface area contributed by atoms with E-state index < -0.39 is 14.4 Å². The van der Waals surface area contributed by atoms with Gasteiger partial charge in [-0.2, -0.15) is 5.10 Å². The number of unbranched alkanes of at least 4 members (excludes halogenated alkanes) is 2. The van der Waals surface area contributed by atoms with Gasteiger partial charge in [0.2, 0.25) is 5.91 Å². The highest BCUT2D eigenvalue weighted by Crippen LogP contribution is 2.40. The van der Waals surface area contributed by atoms with Gasteiger partial charge in [-0.15, -0.1) is 0 Å². The number of aliphatic imine (C=N–C) groups is 1. The molecule has 0 spiro atoms. The van der Waals surface area contributed by atoms with Gasteiger partial charge in [0, 0.05) is 42.2 Å². The van der Waals surface area contributed by atoms with Crippen LogP contribution in [0.3, 0.4) is 0 Å². The fraction of sp³-hybridized carbons (Fsp3) is 0.500. The Hall–Kier alpha value is -3.61. The molecule has 0 aliphatic carbocycles. The number of hydrogen-bond donors (Lipinski definition) is 4. The van der Waals surface area contributed by atoms with Gasteiger partial charge in [-0.1, -0.05) is 39.7 Å². The summed E-state index contributed by atoms with van der Waals surface area (Å²) in [6, 6.07) is 13.4. The van der Waals surface area contributed by atoms with Crippen LogP contribution < -0.4 is 20.7 Å². The van der Waals surface area contributed by atoms with E-state index in [1.807, 2.05) is 18.2 Å². The molecule has 0 bridgehead atoms. The van der Waals surface area contributed by atoms with E-state index in [0.29, 0.717) is 56.1 Å². The van der Waals surface area contributed by atoms with Gasteiger partial charge in [-0.25, -0.2) is 9.38 Å². The average Bonchev–Trinajstić information content (AvgIpc) is 3.51. The lowest BCUT2D eigenvalue weighted by atomic mass is 10.1. The van der Waals surface area contributed by atoms with E-state index in [1.54, 1.807) is 18.2 Å². The minimum atomic E-state index is -1.30. The molecule has 262 valence electrons. The smallest absolute Gasteiger partial charge is 0.332 e. The van der Waals surface area contributed by atoms with E-state index in [2.05, 4.69) is 56.8 Å². The molecule has 0 saturated heterocycles. The quantitative estimate of drug-likeness (QED) is 0.0656. The van der Waals surface area contributed by atoms with Gasteiger partial charge in [0.25, 0.3) is 0 Å². The standard InChI is InChI=1S/C34H49FN7O5P/c1-4-7-18-45-48(46-19-8-5-2)47-20-16-42(6-3)15-10-17-44-29-13-14-30-31(24-29)36-25-37-34(30)39-32-22-28(40-41-32)23-33(43)38-27-12-9-11-26(35)21-27/h9,11-14,21-22,24,36H,4-8,10,15-20,23,25H2,1-3H3,(H,38,43)(H2,37,39,40,41). The zero-order valence-corrected chi connectivity index (χ0v) is 29.1. The first-order chi connectivity index (χ1) is 23.5. The fourth-order valence-corrected chi connectivity index (χ4v) is 5.78. The minimum absolute atomic E-state index is 0.0592. The highest BCUT2D eigenvalue weighted by molar-refractivity contribution is 7.41. The summed E-state index contributed by atoms with van der Waals surface area (Å²) in [5.74, 6) is 1.28. The van der Waals surface area contributed by atoms with Gasteiger partial charge in [0.1, 0.15) is 24.1 Å². The summed E-state index contributed by atoms with van der Waals surface area (Å²) >= 11 is 0. The molecular weight excluding hydrogens is 636 g/mol. The summed E-state index contributed by atoms with van der Waals surface area (Å²) in [6.45, 7) is 11.9. The molecule has 0 fully saturated rings. The second-order valence-corrected chi connectivity index (χ2v) is 12.5. The number of halogens is 1. The number of carbonyl (C=O) groups excluding carboxylic acids is 1. The number of H-pyrrole nitrogens is 1. The number of likely N-dealkylation sites (N-methyl/N-ethyl adjacent to an activating group) is 1. The lowest BCUT2D eigenvalue weighted by Crippen LogP contribution is -2.29. The van der Waals surface area contributed by atoms with Crippen LogP contribution in [0, 0.1) is 5.82 Å². The van der Waals surface area contributed by atoms with Crippen molar-refractivity contribution in [3.63, 3.8) is 0 Å². The Bertz CT molecular complexity index is 1430. The molecule has 1 aliphatic rings. The monoisotopic (exact) mass is 685 g/mol. The molecule has 48 heavy (non-hydrogen) atoms. The van der Waals surface area contributed by atoms with Crippen molar-refractivity contribution in [2.45, 2.75) is 59.3 Å². The van der Waals surface area contributed by atoms with E-state index in [1.165, 1.54) is 12.1 Å². The summed E-state index contributed by atoms with van der Waals surface area (Å²) in [4.78, 5) is 19.3. The Kier molecular flexibility index (Phi) is 16.0. The number of nitrogens with one attached hydrogen (secondary N) is 4. The normalized spacial score (nSPS) is 12.5. The molecule has 12 nitrogen and oxygen atoms in total. The fourth-order valence-electron chi connectivity index (χ4n) is 4.77. The first-order valence-corrected chi connectivity index (χ1v) is 17.9. The molecule has 1 aromatic heterocycles. The van der Waals surface area contributed by atoms with Crippen LogP contribution in [0.15, 0.2) is 53.5 Å². The second kappa shape index (κ2) is 20.7. The van der Waals surface area contributed by atoms with Crippen molar-refractivity contribution < 1.29 is 27.5 Å². The van der Waals surface area contributed by atoms with E-state index in [9.17, 15) is 9.18 Å². The molecule has 0 unspecified atom stereocenters. The van der Waals surface area contributed by atoms with Crippen molar-refractivity contribution in [2.75, 3.05) is 68.7 Å². The number of benzene rings is 2. The Morgan fingerprint density at radius 2 is 1.75 bits per heavy atom. The predicted molar refractivity (Wildman–Crippen MR) is 189 cm³/mol. The van der Waals surface area contributed by atoms with E-state index in [0.717, 1.165) is 68.7 Å². The Balaban J connectivity index is 1.19. The van der Waals surface area contributed by atoms with Crippen molar-refractivity contribution in [2.24, 2.45) is 4.99 Å². The Morgan fingerprint density at radius 3 is 2.50 bits per heavy atom. The molecule has 1 amide bonds. The van der Waals surface area contributed by atoms with Gasteiger partial charge in [0.15, 0.2) is 5.82 Å². The summed E-state index contributed by atoms with van der Waals surface area (Å²) in [7, 11) is -1.30. The van der Waals surface area contributed by atoms with Crippen LogP contribution in [0.4, 0.5) is 21.6 Å².